The number of nitrogens with zero attached hydrogens (tertiary/aromatic N) is 6. The van der Waals surface area contributed by atoms with Gasteiger partial charge in [0.1, 0.15) is 11.2 Å². The number of carbonyl (C=O) groups excluding carboxylic acids is 1. The summed E-state index contributed by atoms with van der Waals surface area (Å²) in [6.07, 6.45) is 7.89. The van der Waals surface area contributed by atoms with Gasteiger partial charge in [-0.2, -0.15) is 9.97 Å². The number of carbonyl (C=O) groups is 1. The minimum absolute atomic E-state index is 0.155. The summed E-state index contributed by atoms with van der Waals surface area (Å²) in [4.78, 5) is 27.5. The number of ether oxygens (including phenoxy) is 1. The molecule has 1 aliphatic heterocycles. The van der Waals surface area contributed by atoms with Crippen molar-refractivity contribution in [3.63, 3.8) is 0 Å². The Kier molecular flexibility index (Phi) is 5.50. The van der Waals surface area contributed by atoms with Crippen molar-refractivity contribution in [1.82, 2.24) is 34.8 Å². The van der Waals surface area contributed by atoms with E-state index in [9.17, 15) is 4.79 Å². The number of aromatic amines is 1. The van der Waals surface area contributed by atoms with E-state index in [-0.39, 0.29) is 12.0 Å². The molecule has 2 N–H and O–H groups in total. The smallest absolute Gasteiger partial charge is 0.228 e. The molecule has 1 aromatic carbocycles. The lowest BCUT2D eigenvalue weighted by atomic mass is 9.85. The molecule has 1 amide bonds. The highest BCUT2D eigenvalue weighted by Gasteiger charge is 2.31. The summed E-state index contributed by atoms with van der Waals surface area (Å²) in [5.74, 6) is 1.57. The van der Waals surface area contributed by atoms with Gasteiger partial charge < -0.3 is 19.9 Å². The summed E-state index contributed by atoms with van der Waals surface area (Å²) >= 11 is 0. The van der Waals surface area contributed by atoms with Crippen LogP contribution in [-0.4, -0.2) is 67.0 Å². The van der Waals surface area contributed by atoms with Crippen LogP contribution in [0, 0.1) is 5.92 Å². The zero-order valence-electron chi connectivity index (χ0n) is 20.1. The Bertz CT molecular complexity index is 1380. The molecule has 2 aliphatic rings. The Balaban J connectivity index is 1.21. The van der Waals surface area contributed by atoms with E-state index < -0.39 is 0 Å². The molecule has 1 saturated heterocycles. The van der Waals surface area contributed by atoms with E-state index in [2.05, 4.69) is 31.7 Å². The Hall–Kier alpha value is -3.69. The maximum absolute atomic E-state index is 12.7. The monoisotopic (exact) mass is 474 g/mol. The molecule has 1 saturated carbocycles. The fourth-order valence-corrected chi connectivity index (χ4v) is 5.50. The van der Waals surface area contributed by atoms with E-state index in [0.29, 0.717) is 17.7 Å². The topological polar surface area (TPSA) is 114 Å². The second kappa shape index (κ2) is 8.83. The number of methoxy groups -OCH3 is 1. The van der Waals surface area contributed by atoms with Gasteiger partial charge in [-0.05, 0) is 56.2 Å². The molecule has 35 heavy (non-hydrogen) atoms. The summed E-state index contributed by atoms with van der Waals surface area (Å²) in [5, 5.41) is 12.6. The van der Waals surface area contributed by atoms with E-state index in [1.807, 2.05) is 30.3 Å². The van der Waals surface area contributed by atoms with Gasteiger partial charge >= 0.3 is 0 Å². The third-order valence-corrected chi connectivity index (χ3v) is 7.44. The predicted octanol–water partition coefficient (Wildman–Crippen LogP) is 3.51. The molecule has 6 rings (SSSR count). The van der Waals surface area contributed by atoms with Crippen LogP contribution in [0.3, 0.4) is 0 Å². The predicted molar refractivity (Wildman–Crippen MR) is 133 cm³/mol. The first-order chi connectivity index (χ1) is 17.1. The Morgan fingerprint density at radius 1 is 1.14 bits per heavy atom. The number of aromatic nitrogens is 6. The third kappa shape index (κ3) is 3.96. The van der Waals surface area contributed by atoms with Crippen LogP contribution in [0.5, 0.6) is 5.88 Å². The van der Waals surface area contributed by atoms with E-state index in [1.54, 1.807) is 11.8 Å². The average molecular weight is 475 g/mol. The van der Waals surface area contributed by atoms with Crippen molar-refractivity contribution in [2.75, 3.05) is 25.5 Å². The average Bonchev–Trinajstić information content (AvgIpc) is 3.64. The second-order valence-corrected chi connectivity index (χ2v) is 9.62. The lowest BCUT2D eigenvalue weighted by molar-refractivity contribution is -0.135. The summed E-state index contributed by atoms with van der Waals surface area (Å²) in [6, 6.07) is 6.29. The van der Waals surface area contributed by atoms with Gasteiger partial charge in [0.25, 0.3) is 0 Å². The number of hydrogen-bond donors (Lipinski definition) is 2. The number of H-pyrrole nitrogens is 1. The fourth-order valence-electron chi connectivity index (χ4n) is 5.50. The molecule has 2 fully saturated rings. The van der Waals surface area contributed by atoms with Crippen molar-refractivity contribution in [2.24, 2.45) is 13.0 Å². The van der Waals surface area contributed by atoms with Gasteiger partial charge in [0.15, 0.2) is 0 Å². The minimum atomic E-state index is 0.155. The van der Waals surface area contributed by atoms with Crippen molar-refractivity contribution in [2.45, 2.75) is 44.6 Å². The van der Waals surface area contributed by atoms with Crippen molar-refractivity contribution in [3.05, 3.63) is 24.4 Å². The third-order valence-electron chi connectivity index (χ3n) is 7.44. The number of benzene rings is 1. The van der Waals surface area contributed by atoms with Crippen LogP contribution in [0.1, 0.15) is 38.5 Å². The van der Waals surface area contributed by atoms with Crippen LogP contribution in [0.4, 0.5) is 5.95 Å². The van der Waals surface area contributed by atoms with Gasteiger partial charge in [0.05, 0.1) is 18.0 Å². The molecule has 4 aromatic rings. The van der Waals surface area contributed by atoms with Crippen LogP contribution in [-0.2, 0) is 11.8 Å². The fraction of sp³-hybridized carbons (Fsp3) is 0.480. The lowest BCUT2D eigenvalue weighted by Gasteiger charge is -2.30. The second-order valence-electron chi connectivity index (χ2n) is 9.62. The van der Waals surface area contributed by atoms with Crippen molar-refractivity contribution in [1.29, 1.82) is 0 Å². The highest BCUT2D eigenvalue weighted by Crippen LogP contribution is 2.36. The molecule has 0 spiro atoms. The van der Waals surface area contributed by atoms with Crippen LogP contribution in [0.2, 0.25) is 0 Å². The van der Waals surface area contributed by atoms with Gasteiger partial charge in [0.2, 0.25) is 17.7 Å². The molecular weight excluding hydrogens is 444 g/mol. The van der Waals surface area contributed by atoms with Crippen LogP contribution < -0.4 is 10.1 Å². The standard InChI is InChI=1S/C25H30N8O2/c1-32-20-13-16(7-10-19(20)30-31-32)18-14-26-22-21(18)23(35-2)29-25(28-22)27-17-8-5-15(6-9-17)24(34)33-11-3-4-12-33/h7,10,13-15,17H,3-6,8-9,11-12H2,1-2H3,(H2,26,27,28,29)/t15-,17+. The molecule has 4 heterocycles. The first-order valence-electron chi connectivity index (χ1n) is 12.4. The number of hydrogen-bond acceptors (Lipinski definition) is 7. The molecule has 0 atom stereocenters. The summed E-state index contributed by atoms with van der Waals surface area (Å²) in [7, 11) is 3.51. The summed E-state index contributed by atoms with van der Waals surface area (Å²) in [6.45, 7) is 1.85. The zero-order chi connectivity index (χ0) is 23.9. The normalized spacial score (nSPS) is 20.6. The Morgan fingerprint density at radius 3 is 2.71 bits per heavy atom. The molecule has 1 aliphatic carbocycles. The molecule has 0 radical (unpaired) electrons. The largest absolute Gasteiger partial charge is 0.480 e. The SMILES string of the molecule is COc1nc(N[C@H]2CC[C@@H](C(=O)N3CCCC3)CC2)nc2[nH]cc(-c3ccc4nnn(C)c4c3)c12. The van der Waals surface area contributed by atoms with Gasteiger partial charge in [-0.25, -0.2) is 4.68 Å². The number of rotatable bonds is 5. The highest BCUT2D eigenvalue weighted by atomic mass is 16.5. The first-order valence-corrected chi connectivity index (χ1v) is 12.4. The van der Waals surface area contributed by atoms with Crippen LogP contribution in [0.25, 0.3) is 33.2 Å². The van der Waals surface area contributed by atoms with Gasteiger partial charge in [-0.15, -0.1) is 5.10 Å². The first kappa shape index (κ1) is 21.8. The van der Waals surface area contributed by atoms with E-state index >= 15 is 0 Å². The lowest BCUT2D eigenvalue weighted by Crippen LogP contribution is -2.37. The molecule has 10 heteroatoms. The van der Waals surface area contributed by atoms with Gasteiger partial charge in [-0.1, -0.05) is 11.3 Å². The maximum atomic E-state index is 12.7. The Labute approximate surface area is 203 Å². The molecule has 0 bridgehead atoms. The number of aryl methyl sites for hydroxylation is 1. The molecule has 0 unspecified atom stereocenters. The molecule has 182 valence electrons. The number of fused-ring (bicyclic) bond motifs is 2. The minimum Gasteiger partial charge on any atom is -0.480 e. The molecule has 3 aromatic heterocycles. The molecular formula is C25H30N8O2. The number of anilines is 1. The van der Waals surface area contributed by atoms with Crippen molar-refractivity contribution < 1.29 is 9.53 Å². The Morgan fingerprint density at radius 2 is 1.94 bits per heavy atom. The van der Waals surface area contributed by atoms with E-state index in [0.717, 1.165) is 84.8 Å². The van der Waals surface area contributed by atoms with Gasteiger partial charge in [-0.3, -0.25) is 4.79 Å². The van der Waals surface area contributed by atoms with Crippen LogP contribution in [0.15, 0.2) is 24.4 Å². The molecule has 10 nitrogen and oxygen atoms in total. The van der Waals surface area contributed by atoms with Crippen molar-refractivity contribution >= 4 is 33.9 Å². The zero-order valence-corrected chi connectivity index (χ0v) is 20.1. The van der Waals surface area contributed by atoms with E-state index in [4.69, 9.17) is 9.72 Å². The number of nitrogens with one attached hydrogen (secondary N) is 2. The summed E-state index contributed by atoms with van der Waals surface area (Å²) in [5.41, 5.74) is 4.50. The van der Waals surface area contributed by atoms with Crippen molar-refractivity contribution in [3.8, 4) is 17.0 Å². The quantitative estimate of drug-likeness (QED) is 0.455. The summed E-state index contributed by atoms with van der Waals surface area (Å²) < 4.78 is 7.45. The van der Waals surface area contributed by atoms with Crippen LogP contribution >= 0.6 is 0 Å². The maximum Gasteiger partial charge on any atom is 0.228 e. The van der Waals surface area contributed by atoms with E-state index in [1.165, 1.54) is 0 Å². The highest BCUT2D eigenvalue weighted by molar-refractivity contribution is 5.99. The number of likely N-dealkylation sites (tertiary alicyclic amines) is 1. The number of amides is 1. The van der Waals surface area contributed by atoms with Gasteiger partial charge in [0, 0.05) is 43.9 Å².